The molecule has 1 saturated heterocycles. The third kappa shape index (κ3) is 4.67. The molecule has 3 aromatic rings. The Morgan fingerprint density at radius 1 is 1.26 bits per heavy atom. The smallest absolute Gasteiger partial charge is 0.252 e. The summed E-state index contributed by atoms with van der Waals surface area (Å²) < 4.78 is 32.7. The van der Waals surface area contributed by atoms with Crippen molar-refractivity contribution < 1.29 is 17.7 Å². The van der Waals surface area contributed by atoms with E-state index < -0.39 is 10.0 Å². The molecule has 1 amide bonds. The first-order valence-electron chi connectivity index (χ1n) is 9.70. The SMILES string of the molecule is Cc1nc(-c2csc(S(=O)(=O)N3CCC(C(=O)Nc4ccc(C)c(Cl)c4)CC3)c2)no1. The summed E-state index contributed by atoms with van der Waals surface area (Å²) in [5.41, 5.74) is 2.18. The van der Waals surface area contributed by atoms with Gasteiger partial charge in [0.2, 0.25) is 17.6 Å². The molecular weight excluding hydrogens is 460 g/mol. The van der Waals surface area contributed by atoms with Gasteiger partial charge in [0.25, 0.3) is 10.0 Å². The molecule has 31 heavy (non-hydrogen) atoms. The van der Waals surface area contributed by atoms with Crippen molar-refractivity contribution in [2.24, 2.45) is 5.92 Å². The second-order valence-electron chi connectivity index (χ2n) is 7.42. The number of aromatic nitrogens is 2. The summed E-state index contributed by atoms with van der Waals surface area (Å²) in [7, 11) is -3.64. The van der Waals surface area contributed by atoms with Crippen LogP contribution < -0.4 is 5.32 Å². The molecule has 0 spiro atoms. The summed E-state index contributed by atoms with van der Waals surface area (Å²) in [6, 6.07) is 6.93. The van der Waals surface area contributed by atoms with Crippen LogP contribution in [0.25, 0.3) is 11.4 Å². The molecule has 0 radical (unpaired) electrons. The maximum absolute atomic E-state index is 13.0. The van der Waals surface area contributed by atoms with Gasteiger partial charge in [-0.25, -0.2) is 8.42 Å². The number of aryl methyl sites for hydroxylation is 2. The number of rotatable bonds is 5. The van der Waals surface area contributed by atoms with Crippen molar-refractivity contribution in [2.45, 2.75) is 30.9 Å². The number of nitrogens with zero attached hydrogens (tertiary/aromatic N) is 3. The minimum Gasteiger partial charge on any atom is -0.339 e. The lowest BCUT2D eigenvalue weighted by atomic mass is 9.97. The predicted octanol–water partition coefficient (Wildman–Crippen LogP) is 4.11. The van der Waals surface area contributed by atoms with E-state index in [-0.39, 0.29) is 29.1 Å². The highest BCUT2D eigenvalue weighted by Crippen LogP contribution is 2.31. The number of sulfonamides is 1. The first kappa shape index (κ1) is 21.9. The van der Waals surface area contributed by atoms with Crippen LogP contribution in [0.2, 0.25) is 5.02 Å². The van der Waals surface area contributed by atoms with Crippen LogP contribution in [0.3, 0.4) is 0 Å². The summed E-state index contributed by atoms with van der Waals surface area (Å²) in [5.74, 6) is 0.399. The van der Waals surface area contributed by atoms with E-state index in [1.165, 1.54) is 4.31 Å². The summed E-state index contributed by atoms with van der Waals surface area (Å²) in [6.45, 7) is 4.13. The lowest BCUT2D eigenvalue weighted by molar-refractivity contribution is -0.120. The molecule has 1 fully saturated rings. The number of hydrogen-bond donors (Lipinski definition) is 1. The van der Waals surface area contributed by atoms with Gasteiger partial charge in [0.15, 0.2) is 0 Å². The average molecular weight is 481 g/mol. The number of anilines is 1. The van der Waals surface area contributed by atoms with Crippen molar-refractivity contribution in [1.29, 1.82) is 0 Å². The third-order valence-corrected chi connectivity index (χ3v) is 8.94. The summed E-state index contributed by atoms with van der Waals surface area (Å²) >= 11 is 7.24. The summed E-state index contributed by atoms with van der Waals surface area (Å²) in [4.78, 5) is 16.7. The Bertz CT molecular complexity index is 1210. The molecule has 0 unspecified atom stereocenters. The molecule has 164 valence electrons. The van der Waals surface area contributed by atoms with E-state index in [0.29, 0.717) is 40.8 Å². The molecule has 0 saturated carbocycles. The number of carbonyl (C=O) groups is 1. The van der Waals surface area contributed by atoms with Crippen LogP contribution in [-0.2, 0) is 14.8 Å². The van der Waals surface area contributed by atoms with Gasteiger partial charge in [0.05, 0.1) is 0 Å². The van der Waals surface area contributed by atoms with Crippen LogP contribution in [0.15, 0.2) is 38.4 Å². The van der Waals surface area contributed by atoms with E-state index in [2.05, 4.69) is 15.5 Å². The molecule has 0 bridgehead atoms. The van der Waals surface area contributed by atoms with E-state index in [1.807, 2.05) is 13.0 Å². The zero-order chi connectivity index (χ0) is 22.2. The van der Waals surface area contributed by atoms with Crippen LogP contribution >= 0.6 is 22.9 Å². The Hall–Kier alpha value is -2.27. The fourth-order valence-electron chi connectivity index (χ4n) is 3.39. The van der Waals surface area contributed by atoms with Gasteiger partial charge in [-0.15, -0.1) is 11.3 Å². The minimum atomic E-state index is -3.64. The quantitative estimate of drug-likeness (QED) is 0.589. The number of nitrogens with one attached hydrogen (secondary N) is 1. The predicted molar refractivity (Wildman–Crippen MR) is 119 cm³/mol. The second-order valence-corrected chi connectivity index (χ2v) is 10.9. The molecule has 1 aliphatic heterocycles. The van der Waals surface area contributed by atoms with E-state index in [1.54, 1.807) is 30.5 Å². The monoisotopic (exact) mass is 480 g/mol. The van der Waals surface area contributed by atoms with Crippen molar-refractivity contribution in [3.63, 3.8) is 0 Å². The Labute approximate surface area is 189 Å². The van der Waals surface area contributed by atoms with E-state index >= 15 is 0 Å². The van der Waals surface area contributed by atoms with Gasteiger partial charge in [-0.1, -0.05) is 22.8 Å². The van der Waals surface area contributed by atoms with E-state index in [0.717, 1.165) is 16.9 Å². The van der Waals surface area contributed by atoms with Crippen molar-refractivity contribution >= 4 is 44.6 Å². The minimum absolute atomic E-state index is 0.122. The van der Waals surface area contributed by atoms with Crippen LogP contribution in [0.5, 0.6) is 0 Å². The van der Waals surface area contributed by atoms with Crippen molar-refractivity contribution in [3.05, 3.63) is 46.1 Å². The Morgan fingerprint density at radius 2 is 2.00 bits per heavy atom. The summed E-state index contributed by atoms with van der Waals surface area (Å²) in [5, 5.41) is 8.99. The standard InChI is InChI=1S/C20H21ClN4O4S2/c1-12-3-4-16(10-17(12)21)23-20(26)14-5-7-25(8-6-14)31(27,28)18-9-15(11-30-18)19-22-13(2)29-24-19/h3-4,9-11,14H,5-8H2,1-2H3,(H,23,26). The van der Waals surface area contributed by atoms with Gasteiger partial charge in [-0.05, 0) is 43.5 Å². The zero-order valence-electron chi connectivity index (χ0n) is 17.0. The molecule has 1 N–H and O–H groups in total. The van der Waals surface area contributed by atoms with Crippen LogP contribution in [-0.4, -0.2) is 41.9 Å². The van der Waals surface area contributed by atoms with Gasteiger partial charge in [-0.3, -0.25) is 4.79 Å². The normalized spacial score (nSPS) is 15.8. The van der Waals surface area contributed by atoms with Gasteiger partial charge >= 0.3 is 0 Å². The van der Waals surface area contributed by atoms with Gasteiger partial charge in [-0.2, -0.15) is 9.29 Å². The molecular formula is C20H21ClN4O4S2. The lowest BCUT2D eigenvalue weighted by Gasteiger charge is -2.30. The highest BCUT2D eigenvalue weighted by Gasteiger charge is 2.33. The first-order chi connectivity index (χ1) is 14.7. The number of hydrogen-bond acceptors (Lipinski definition) is 7. The highest BCUT2D eigenvalue weighted by molar-refractivity contribution is 7.91. The fraction of sp³-hybridized carbons (Fsp3) is 0.350. The Balaban J connectivity index is 1.39. The molecule has 11 heteroatoms. The van der Waals surface area contributed by atoms with Crippen molar-refractivity contribution in [1.82, 2.24) is 14.4 Å². The second kappa shape index (κ2) is 8.70. The number of piperidine rings is 1. The molecule has 0 aliphatic carbocycles. The third-order valence-electron chi connectivity index (χ3n) is 5.22. The highest BCUT2D eigenvalue weighted by atomic mass is 35.5. The number of halogens is 1. The number of benzene rings is 1. The number of amides is 1. The van der Waals surface area contributed by atoms with E-state index in [9.17, 15) is 13.2 Å². The maximum Gasteiger partial charge on any atom is 0.252 e. The molecule has 2 aromatic heterocycles. The van der Waals surface area contributed by atoms with Gasteiger partial charge in [0.1, 0.15) is 4.21 Å². The fourth-order valence-corrected chi connectivity index (χ4v) is 6.35. The van der Waals surface area contributed by atoms with Crippen LogP contribution in [0, 0.1) is 19.8 Å². The topological polar surface area (TPSA) is 105 Å². The largest absolute Gasteiger partial charge is 0.339 e. The molecule has 4 rings (SSSR count). The van der Waals surface area contributed by atoms with E-state index in [4.69, 9.17) is 16.1 Å². The zero-order valence-corrected chi connectivity index (χ0v) is 19.4. The van der Waals surface area contributed by atoms with Crippen molar-refractivity contribution in [2.75, 3.05) is 18.4 Å². The van der Waals surface area contributed by atoms with Crippen LogP contribution in [0.4, 0.5) is 5.69 Å². The molecule has 3 heterocycles. The molecule has 8 nitrogen and oxygen atoms in total. The maximum atomic E-state index is 13.0. The number of thiophene rings is 1. The number of carbonyl (C=O) groups excluding carboxylic acids is 1. The molecule has 1 aliphatic rings. The molecule has 1 aromatic carbocycles. The Morgan fingerprint density at radius 3 is 2.65 bits per heavy atom. The Kier molecular flexibility index (Phi) is 6.16. The lowest BCUT2D eigenvalue weighted by Crippen LogP contribution is -2.41. The van der Waals surface area contributed by atoms with Crippen LogP contribution in [0.1, 0.15) is 24.3 Å². The molecule has 0 atom stereocenters. The first-order valence-corrected chi connectivity index (χ1v) is 12.4. The summed E-state index contributed by atoms with van der Waals surface area (Å²) in [6.07, 6.45) is 0.903. The van der Waals surface area contributed by atoms with Gasteiger partial charge < -0.3 is 9.84 Å². The van der Waals surface area contributed by atoms with Crippen molar-refractivity contribution in [3.8, 4) is 11.4 Å². The van der Waals surface area contributed by atoms with Gasteiger partial charge in [0, 0.05) is 47.6 Å². The average Bonchev–Trinajstić information content (AvgIpc) is 3.40.